The van der Waals surface area contributed by atoms with Gasteiger partial charge in [-0.1, -0.05) is 12.1 Å². The maximum absolute atomic E-state index is 14.2. The Morgan fingerprint density at radius 3 is 2.35 bits per heavy atom. The number of carbonyl (C=O) groups excluding carboxylic acids is 2. The molecule has 4 rings (SSSR count). The molecule has 0 radical (unpaired) electrons. The number of amides is 2. The van der Waals surface area contributed by atoms with Crippen LogP contribution in [0.2, 0.25) is 0 Å². The van der Waals surface area contributed by atoms with Crippen molar-refractivity contribution in [2.45, 2.75) is 44.2 Å². The van der Waals surface area contributed by atoms with Crippen LogP contribution in [-0.2, 0) is 4.79 Å². The second-order valence-corrected chi connectivity index (χ2v) is 9.87. The van der Waals surface area contributed by atoms with Gasteiger partial charge in [-0.3, -0.25) is 14.9 Å². The zero-order valence-electron chi connectivity index (χ0n) is 23.4. The molecule has 3 aromatic rings. The molecule has 0 spiro atoms. The van der Waals surface area contributed by atoms with Crippen LogP contribution in [0.4, 0.5) is 17.6 Å². The van der Waals surface area contributed by atoms with E-state index in [0.29, 0.717) is 21.9 Å². The largest absolute Gasteiger partial charge is 0.456 e. The zero-order chi connectivity index (χ0) is 29.6. The molecule has 2 atom stereocenters. The van der Waals surface area contributed by atoms with E-state index in [1.54, 1.807) is 23.1 Å². The van der Waals surface area contributed by atoms with E-state index in [9.17, 15) is 27.2 Å². The van der Waals surface area contributed by atoms with Crippen molar-refractivity contribution >= 4 is 33.8 Å². The summed E-state index contributed by atoms with van der Waals surface area (Å²) in [6.45, 7) is 0.942. The highest BCUT2D eigenvalue weighted by atomic mass is 19.4. The van der Waals surface area contributed by atoms with Gasteiger partial charge in [0.25, 0.3) is 5.91 Å². The van der Waals surface area contributed by atoms with Crippen molar-refractivity contribution in [3.05, 3.63) is 47.5 Å². The first-order chi connectivity index (χ1) is 18.4. The highest BCUT2D eigenvalue weighted by Gasteiger charge is 2.43. The number of alkyl halides is 4. The number of furan rings is 1. The summed E-state index contributed by atoms with van der Waals surface area (Å²) >= 11 is 0. The Bertz CT molecular complexity index is 1410. The smallest absolute Gasteiger partial charge is 0.407 e. The van der Waals surface area contributed by atoms with Crippen molar-refractivity contribution in [2.24, 2.45) is 5.73 Å². The minimum absolute atomic E-state index is 0.126. The predicted molar refractivity (Wildman–Crippen MR) is 132 cm³/mol. The third kappa shape index (κ3) is 6.04. The monoisotopic (exact) mass is 525 g/mol. The van der Waals surface area contributed by atoms with Crippen molar-refractivity contribution < 1.29 is 35.7 Å². The number of hydrogen-bond acceptors (Lipinski definition) is 5. The van der Waals surface area contributed by atoms with Crippen molar-refractivity contribution in [3.63, 3.8) is 0 Å². The maximum atomic E-state index is 14.2. The van der Waals surface area contributed by atoms with Crippen LogP contribution in [0.5, 0.6) is 0 Å². The molecule has 1 aliphatic heterocycles. The molecule has 1 saturated heterocycles. The average Bonchev–Trinajstić information content (AvgIpc) is 3.21. The minimum Gasteiger partial charge on any atom is -0.456 e. The summed E-state index contributed by atoms with van der Waals surface area (Å²) in [7, 11) is 0. The molecule has 0 aliphatic carbocycles. The normalized spacial score (nSPS) is 18.9. The van der Waals surface area contributed by atoms with E-state index < -0.39 is 43.2 Å². The average molecular weight is 526 g/mol. The van der Waals surface area contributed by atoms with E-state index in [-0.39, 0.29) is 43.2 Å². The van der Waals surface area contributed by atoms with E-state index in [1.807, 2.05) is 0 Å². The number of nitrogens with two attached hydrogens (primary N) is 1. The Morgan fingerprint density at radius 1 is 1.05 bits per heavy atom. The third-order valence-electron chi connectivity index (χ3n) is 6.37. The van der Waals surface area contributed by atoms with Crippen LogP contribution in [0, 0.1) is 0 Å². The van der Waals surface area contributed by atoms with Crippen molar-refractivity contribution in [2.75, 3.05) is 33.2 Å². The van der Waals surface area contributed by atoms with Crippen LogP contribution in [-0.4, -0.2) is 72.7 Å². The standard InChI is InChI=1S/C26H30F4N4O3/c1-25(2,27)14-19(23(31)35)32-22(26(28,29)30)15-4-6-17-18-12-16(5-7-20(18)37-21(17)13-15)24(36)34-10-8-33(3)9-11-34/h4-7,12-13,19,22,32H,8-11,14H2,1-3H3,(H2,31,35)/t19?,22-/m0/s1/i3D3. The lowest BCUT2D eigenvalue weighted by atomic mass is 9.97. The summed E-state index contributed by atoms with van der Waals surface area (Å²) in [5.41, 5.74) is 3.86. The van der Waals surface area contributed by atoms with Gasteiger partial charge in [-0.15, -0.1) is 0 Å². The van der Waals surface area contributed by atoms with Gasteiger partial charge in [0, 0.05) is 53.0 Å². The zero-order valence-corrected chi connectivity index (χ0v) is 20.4. The van der Waals surface area contributed by atoms with E-state index >= 15 is 0 Å². The molecule has 0 bridgehead atoms. The molecule has 2 aromatic carbocycles. The van der Waals surface area contributed by atoms with Crippen LogP contribution < -0.4 is 11.1 Å². The Morgan fingerprint density at radius 2 is 1.76 bits per heavy atom. The van der Waals surface area contributed by atoms with Crippen LogP contribution in [0.15, 0.2) is 40.8 Å². The fraction of sp³-hybridized carbons (Fsp3) is 0.462. The third-order valence-corrected chi connectivity index (χ3v) is 6.37. The lowest BCUT2D eigenvalue weighted by Crippen LogP contribution is -2.49. The van der Waals surface area contributed by atoms with Crippen molar-refractivity contribution in [1.82, 2.24) is 15.1 Å². The van der Waals surface area contributed by atoms with Gasteiger partial charge in [0.1, 0.15) is 22.9 Å². The second kappa shape index (κ2) is 9.94. The summed E-state index contributed by atoms with van der Waals surface area (Å²) in [6.07, 6.45) is -5.39. The Kier molecular flexibility index (Phi) is 6.17. The van der Waals surface area contributed by atoms with Crippen molar-refractivity contribution in [1.29, 1.82) is 0 Å². The van der Waals surface area contributed by atoms with E-state index in [4.69, 9.17) is 14.3 Å². The summed E-state index contributed by atoms with van der Waals surface area (Å²) in [5.74, 6) is -1.41. The quantitative estimate of drug-likeness (QED) is 0.452. The first-order valence-corrected chi connectivity index (χ1v) is 11.8. The van der Waals surface area contributed by atoms with Gasteiger partial charge in [0.2, 0.25) is 5.91 Å². The van der Waals surface area contributed by atoms with Crippen LogP contribution in [0.3, 0.4) is 0 Å². The second-order valence-electron chi connectivity index (χ2n) is 9.87. The first-order valence-electron chi connectivity index (χ1n) is 13.3. The summed E-state index contributed by atoms with van der Waals surface area (Å²) < 4.78 is 84.7. The van der Waals surface area contributed by atoms with Gasteiger partial charge in [-0.2, -0.15) is 13.2 Å². The van der Waals surface area contributed by atoms with Gasteiger partial charge in [0.05, 0.1) is 6.04 Å². The summed E-state index contributed by atoms with van der Waals surface area (Å²) in [6, 6.07) is 4.62. The number of likely N-dealkylation sites (N-methyl/N-ethyl adjacent to an activating group) is 1. The minimum atomic E-state index is -4.84. The molecular formula is C26H30F4N4O3. The molecule has 7 nitrogen and oxygen atoms in total. The molecule has 1 aliphatic rings. The Hall–Kier alpha value is -3.18. The topological polar surface area (TPSA) is 91.8 Å². The maximum Gasteiger partial charge on any atom is 0.407 e. The van der Waals surface area contributed by atoms with E-state index in [1.165, 1.54) is 23.1 Å². The molecule has 37 heavy (non-hydrogen) atoms. The van der Waals surface area contributed by atoms with Gasteiger partial charge in [0.15, 0.2) is 0 Å². The van der Waals surface area contributed by atoms with Gasteiger partial charge in [-0.05, 0) is 50.7 Å². The van der Waals surface area contributed by atoms with Crippen molar-refractivity contribution in [3.8, 4) is 0 Å². The van der Waals surface area contributed by atoms with Gasteiger partial charge < -0.3 is 20.0 Å². The number of nitrogens with one attached hydrogen (secondary N) is 1. The molecule has 1 fully saturated rings. The number of carbonyl (C=O) groups is 2. The number of rotatable bonds is 7. The molecule has 2 heterocycles. The number of hydrogen-bond donors (Lipinski definition) is 2. The number of benzene rings is 2. The number of halogens is 4. The number of piperazine rings is 1. The molecule has 11 heteroatoms. The molecule has 1 unspecified atom stereocenters. The molecule has 2 amide bonds. The first kappa shape index (κ1) is 23.0. The number of nitrogens with zero attached hydrogens (tertiary/aromatic N) is 2. The van der Waals surface area contributed by atoms with Gasteiger partial charge in [-0.25, -0.2) is 4.39 Å². The number of fused-ring (bicyclic) bond motifs is 3. The van der Waals surface area contributed by atoms with Crippen LogP contribution in [0.1, 0.15) is 46.3 Å². The SMILES string of the molecule is [2H]C([2H])([2H])N1CCN(C(=O)c2ccc3oc4cc([C@H](NC(CC(C)(C)F)C(N)=O)C(F)(F)F)ccc4c3c2)CC1. The van der Waals surface area contributed by atoms with E-state index in [2.05, 4.69) is 5.32 Å². The van der Waals surface area contributed by atoms with Crippen LogP contribution >= 0.6 is 0 Å². The van der Waals surface area contributed by atoms with Crippen LogP contribution in [0.25, 0.3) is 21.9 Å². The molecule has 0 saturated carbocycles. The molecule has 3 N–H and O–H groups in total. The Labute approximate surface area is 215 Å². The molecule has 1 aromatic heterocycles. The molecular weight excluding hydrogens is 492 g/mol. The summed E-state index contributed by atoms with van der Waals surface area (Å²) in [4.78, 5) is 27.8. The fourth-order valence-electron chi connectivity index (χ4n) is 4.51. The lowest BCUT2D eigenvalue weighted by molar-refractivity contribution is -0.161. The van der Waals surface area contributed by atoms with E-state index in [0.717, 1.165) is 13.8 Å². The molecule has 200 valence electrons. The summed E-state index contributed by atoms with van der Waals surface area (Å²) in [5, 5.41) is 3.15. The highest BCUT2D eigenvalue weighted by molar-refractivity contribution is 6.08. The predicted octanol–water partition coefficient (Wildman–Crippen LogP) is 4.16. The van der Waals surface area contributed by atoms with Gasteiger partial charge >= 0.3 is 6.18 Å². The highest BCUT2D eigenvalue weighted by Crippen LogP contribution is 2.37. The lowest BCUT2D eigenvalue weighted by Gasteiger charge is -2.32. The number of primary amides is 1. The fourth-order valence-corrected chi connectivity index (χ4v) is 4.51. The Balaban J connectivity index is 1.62.